The molecule has 0 aliphatic heterocycles. The summed E-state index contributed by atoms with van der Waals surface area (Å²) in [4.78, 5) is 0. The van der Waals surface area contributed by atoms with Crippen molar-refractivity contribution in [3.63, 3.8) is 0 Å². The van der Waals surface area contributed by atoms with E-state index in [9.17, 15) is 5.11 Å². The van der Waals surface area contributed by atoms with Crippen LogP contribution in [0.15, 0.2) is 42.5 Å². The summed E-state index contributed by atoms with van der Waals surface area (Å²) in [7, 11) is 1.70. The largest absolute Gasteiger partial charge is 0.496 e. The summed E-state index contributed by atoms with van der Waals surface area (Å²) in [6, 6.07) is 14.6. The molecule has 0 fully saturated rings. The second kappa shape index (κ2) is 7.28. The first-order chi connectivity index (χ1) is 10.1. The number of hydrogen-bond acceptors (Lipinski definition) is 2. The summed E-state index contributed by atoms with van der Waals surface area (Å²) >= 11 is 0. The summed E-state index contributed by atoms with van der Waals surface area (Å²) in [5.74, 6) is 1.12. The van der Waals surface area contributed by atoms with E-state index in [2.05, 4.69) is 50.2 Å². The zero-order valence-electron chi connectivity index (χ0n) is 13.1. The third kappa shape index (κ3) is 4.08. The van der Waals surface area contributed by atoms with Gasteiger partial charge in [-0.1, -0.05) is 42.0 Å². The molecule has 2 rings (SSSR count). The maximum atomic E-state index is 9.73. The minimum atomic E-state index is 0.186. The molecule has 0 saturated carbocycles. The van der Waals surface area contributed by atoms with Crippen LogP contribution >= 0.6 is 0 Å². The maximum absolute atomic E-state index is 9.73. The van der Waals surface area contributed by atoms with Gasteiger partial charge in [-0.05, 0) is 55.4 Å². The van der Waals surface area contributed by atoms with E-state index in [4.69, 9.17) is 4.74 Å². The van der Waals surface area contributed by atoms with Crippen molar-refractivity contribution in [3.05, 3.63) is 64.7 Å². The topological polar surface area (TPSA) is 29.5 Å². The Morgan fingerprint density at radius 1 is 1.00 bits per heavy atom. The number of benzene rings is 2. The minimum absolute atomic E-state index is 0.186. The van der Waals surface area contributed by atoms with E-state index in [-0.39, 0.29) is 12.5 Å². The molecule has 2 aromatic carbocycles. The van der Waals surface area contributed by atoms with Crippen molar-refractivity contribution in [3.8, 4) is 5.75 Å². The lowest BCUT2D eigenvalue weighted by Gasteiger charge is -2.18. The molecule has 2 nitrogen and oxygen atoms in total. The molecule has 0 saturated heterocycles. The molecule has 1 N–H and O–H groups in total. The van der Waals surface area contributed by atoms with Crippen LogP contribution in [-0.2, 0) is 12.8 Å². The number of hydrogen-bond donors (Lipinski definition) is 1. The summed E-state index contributed by atoms with van der Waals surface area (Å²) in [5.41, 5.74) is 4.99. The van der Waals surface area contributed by atoms with Gasteiger partial charge in [0.25, 0.3) is 0 Å². The van der Waals surface area contributed by atoms with Gasteiger partial charge < -0.3 is 9.84 Å². The Hall–Kier alpha value is -1.80. The van der Waals surface area contributed by atoms with Gasteiger partial charge in [-0.2, -0.15) is 0 Å². The van der Waals surface area contributed by atoms with Crippen LogP contribution in [0.25, 0.3) is 0 Å². The molecule has 0 bridgehead atoms. The maximum Gasteiger partial charge on any atom is 0.122 e. The van der Waals surface area contributed by atoms with E-state index in [1.54, 1.807) is 7.11 Å². The van der Waals surface area contributed by atoms with Crippen molar-refractivity contribution < 1.29 is 9.84 Å². The molecule has 1 atom stereocenters. The Morgan fingerprint density at radius 2 is 1.71 bits per heavy atom. The van der Waals surface area contributed by atoms with Gasteiger partial charge in [-0.25, -0.2) is 0 Å². The first kappa shape index (κ1) is 15.6. The van der Waals surface area contributed by atoms with Crippen LogP contribution in [0.2, 0.25) is 0 Å². The Balaban J connectivity index is 2.16. The predicted octanol–water partition coefficient (Wildman–Crippen LogP) is 3.71. The lowest BCUT2D eigenvalue weighted by molar-refractivity contribution is 0.224. The quantitative estimate of drug-likeness (QED) is 0.876. The molecule has 0 amide bonds. The molecule has 0 radical (unpaired) electrons. The van der Waals surface area contributed by atoms with Gasteiger partial charge in [-0.15, -0.1) is 0 Å². The molecular formula is C19H24O2. The number of methoxy groups -OCH3 is 1. The van der Waals surface area contributed by atoms with Gasteiger partial charge in [0.2, 0.25) is 0 Å². The van der Waals surface area contributed by atoms with Crippen LogP contribution in [0.5, 0.6) is 5.75 Å². The van der Waals surface area contributed by atoms with Crippen molar-refractivity contribution >= 4 is 0 Å². The van der Waals surface area contributed by atoms with Gasteiger partial charge in [0.05, 0.1) is 7.11 Å². The SMILES string of the molecule is COc1ccc(C)cc1CC(CO)Cc1ccccc1C. The van der Waals surface area contributed by atoms with Crippen LogP contribution in [0.3, 0.4) is 0 Å². The van der Waals surface area contributed by atoms with Gasteiger partial charge >= 0.3 is 0 Å². The molecule has 0 aliphatic rings. The molecule has 2 aromatic rings. The lowest BCUT2D eigenvalue weighted by atomic mass is 9.90. The summed E-state index contributed by atoms with van der Waals surface area (Å²) < 4.78 is 5.44. The summed E-state index contributed by atoms with van der Waals surface area (Å²) in [6.45, 7) is 4.39. The molecular weight excluding hydrogens is 260 g/mol. The van der Waals surface area contributed by atoms with Crippen molar-refractivity contribution in [1.82, 2.24) is 0 Å². The Kier molecular flexibility index (Phi) is 5.40. The molecule has 1 unspecified atom stereocenters. The van der Waals surface area contributed by atoms with E-state index < -0.39 is 0 Å². The normalized spacial score (nSPS) is 12.2. The van der Waals surface area contributed by atoms with Crippen LogP contribution in [-0.4, -0.2) is 18.8 Å². The van der Waals surface area contributed by atoms with E-state index >= 15 is 0 Å². The van der Waals surface area contributed by atoms with Crippen molar-refractivity contribution in [2.75, 3.05) is 13.7 Å². The number of aliphatic hydroxyl groups is 1. The number of ether oxygens (including phenoxy) is 1. The zero-order valence-corrected chi connectivity index (χ0v) is 13.1. The fourth-order valence-electron chi connectivity index (χ4n) is 2.73. The van der Waals surface area contributed by atoms with Crippen LogP contribution in [0.1, 0.15) is 22.3 Å². The number of aliphatic hydroxyl groups excluding tert-OH is 1. The Bertz CT molecular complexity index is 590. The van der Waals surface area contributed by atoms with E-state index in [0.717, 1.165) is 18.6 Å². The first-order valence-electron chi connectivity index (χ1n) is 7.43. The molecule has 2 heteroatoms. The average Bonchev–Trinajstić information content (AvgIpc) is 2.49. The molecule has 0 aliphatic carbocycles. The third-order valence-electron chi connectivity index (χ3n) is 3.97. The molecule has 0 spiro atoms. The molecule has 21 heavy (non-hydrogen) atoms. The Labute approximate surface area is 127 Å². The number of rotatable bonds is 6. The second-order valence-corrected chi connectivity index (χ2v) is 5.70. The second-order valence-electron chi connectivity index (χ2n) is 5.70. The van der Waals surface area contributed by atoms with Crippen molar-refractivity contribution in [1.29, 1.82) is 0 Å². The van der Waals surface area contributed by atoms with Crippen molar-refractivity contribution in [2.24, 2.45) is 5.92 Å². The number of aryl methyl sites for hydroxylation is 2. The monoisotopic (exact) mass is 284 g/mol. The predicted molar refractivity (Wildman–Crippen MR) is 86.9 cm³/mol. The molecule has 112 valence electrons. The van der Waals surface area contributed by atoms with Gasteiger partial charge in [0, 0.05) is 6.61 Å². The summed E-state index contributed by atoms with van der Waals surface area (Å²) in [6.07, 6.45) is 1.72. The minimum Gasteiger partial charge on any atom is -0.496 e. The van der Waals surface area contributed by atoms with Gasteiger partial charge in [0.1, 0.15) is 5.75 Å². The van der Waals surface area contributed by atoms with Crippen LogP contribution < -0.4 is 4.74 Å². The highest BCUT2D eigenvalue weighted by atomic mass is 16.5. The summed E-state index contributed by atoms with van der Waals surface area (Å²) in [5, 5.41) is 9.73. The lowest BCUT2D eigenvalue weighted by Crippen LogP contribution is -2.14. The zero-order chi connectivity index (χ0) is 15.2. The smallest absolute Gasteiger partial charge is 0.122 e. The standard InChI is InChI=1S/C19H24O2/c1-14-8-9-19(21-3)18(10-14)12-16(13-20)11-17-7-5-4-6-15(17)2/h4-10,16,20H,11-13H2,1-3H3. The van der Waals surface area contributed by atoms with Crippen LogP contribution in [0, 0.1) is 19.8 Å². The van der Waals surface area contributed by atoms with Crippen LogP contribution in [0.4, 0.5) is 0 Å². The fourth-order valence-corrected chi connectivity index (χ4v) is 2.73. The van der Waals surface area contributed by atoms with Crippen molar-refractivity contribution in [2.45, 2.75) is 26.7 Å². The molecule has 0 heterocycles. The van der Waals surface area contributed by atoms with Gasteiger partial charge in [-0.3, -0.25) is 0 Å². The third-order valence-corrected chi connectivity index (χ3v) is 3.97. The Morgan fingerprint density at radius 3 is 2.38 bits per heavy atom. The highest BCUT2D eigenvalue weighted by Crippen LogP contribution is 2.25. The highest BCUT2D eigenvalue weighted by Gasteiger charge is 2.14. The fraction of sp³-hybridized carbons (Fsp3) is 0.368. The average molecular weight is 284 g/mol. The van der Waals surface area contributed by atoms with E-state index in [0.29, 0.717) is 0 Å². The molecule has 0 aromatic heterocycles. The van der Waals surface area contributed by atoms with E-state index in [1.807, 2.05) is 6.07 Å². The highest BCUT2D eigenvalue weighted by molar-refractivity contribution is 5.37. The first-order valence-corrected chi connectivity index (χ1v) is 7.43. The van der Waals surface area contributed by atoms with E-state index in [1.165, 1.54) is 22.3 Å². The van der Waals surface area contributed by atoms with Gasteiger partial charge in [0.15, 0.2) is 0 Å².